The van der Waals surface area contributed by atoms with Gasteiger partial charge in [-0.05, 0) is 58.2 Å². The molecule has 0 bridgehead atoms. The Bertz CT molecular complexity index is 919. The first kappa shape index (κ1) is 23.1. The molecular weight excluding hydrogens is 412 g/mol. The van der Waals surface area contributed by atoms with E-state index in [0.717, 1.165) is 36.1 Å². The number of thiazole rings is 1. The van der Waals surface area contributed by atoms with Crippen LogP contribution < -0.4 is 15.4 Å². The van der Waals surface area contributed by atoms with E-state index in [1.54, 1.807) is 14.0 Å². The summed E-state index contributed by atoms with van der Waals surface area (Å²) in [5.41, 5.74) is 2.10. The van der Waals surface area contributed by atoms with E-state index in [1.165, 1.54) is 16.9 Å². The molecule has 1 aliphatic rings. The molecule has 2 N–H and O–H groups in total. The molecule has 0 aliphatic heterocycles. The van der Waals surface area contributed by atoms with Crippen molar-refractivity contribution in [2.45, 2.75) is 52.0 Å². The standard InChI is InChI=1S/C23H32N4O3S/c1-6-24-22(25-14-23(12-13-23)17-8-10-18(29-5)11-9-17)27-16(4)20-26-15(3)19(31-20)21(28)30-7-2/h8-11,16H,6-7,12-14H2,1-5H3,(H2,24,25,27). The number of nitrogens with one attached hydrogen (secondary N) is 2. The first-order valence-electron chi connectivity index (χ1n) is 10.8. The molecule has 31 heavy (non-hydrogen) atoms. The monoisotopic (exact) mass is 444 g/mol. The number of ether oxygens (including phenoxy) is 2. The second-order valence-corrected chi connectivity index (χ2v) is 8.79. The highest BCUT2D eigenvalue weighted by molar-refractivity contribution is 7.13. The van der Waals surface area contributed by atoms with Gasteiger partial charge in [0.25, 0.3) is 0 Å². The van der Waals surface area contributed by atoms with Crippen molar-refractivity contribution in [3.63, 3.8) is 0 Å². The van der Waals surface area contributed by atoms with Crippen molar-refractivity contribution in [3.05, 3.63) is 45.4 Å². The Morgan fingerprint density at radius 2 is 2.00 bits per heavy atom. The summed E-state index contributed by atoms with van der Waals surface area (Å²) in [6, 6.07) is 8.22. The van der Waals surface area contributed by atoms with Crippen molar-refractivity contribution in [2.24, 2.45) is 4.99 Å². The summed E-state index contributed by atoms with van der Waals surface area (Å²) in [5, 5.41) is 7.59. The minimum atomic E-state index is -0.313. The second kappa shape index (κ2) is 10.1. The number of aromatic nitrogens is 1. The third kappa shape index (κ3) is 5.55. The number of rotatable bonds is 9. The molecule has 7 nitrogen and oxygen atoms in total. The van der Waals surface area contributed by atoms with Crippen LogP contribution in [0.15, 0.2) is 29.3 Å². The number of aryl methyl sites for hydroxylation is 1. The number of hydrogen-bond acceptors (Lipinski definition) is 6. The van der Waals surface area contributed by atoms with Gasteiger partial charge >= 0.3 is 5.97 Å². The lowest BCUT2D eigenvalue weighted by Crippen LogP contribution is -2.39. The fourth-order valence-electron chi connectivity index (χ4n) is 3.44. The summed E-state index contributed by atoms with van der Waals surface area (Å²) in [7, 11) is 1.68. The Morgan fingerprint density at radius 1 is 1.29 bits per heavy atom. The van der Waals surface area contributed by atoms with Gasteiger partial charge in [0, 0.05) is 12.0 Å². The number of methoxy groups -OCH3 is 1. The SMILES string of the molecule is CCNC(=NCC1(c2ccc(OC)cc2)CC1)NC(C)c1nc(C)c(C(=O)OCC)s1. The molecule has 0 spiro atoms. The van der Waals surface area contributed by atoms with Crippen LogP contribution in [0.1, 0.15) is 65.6 Å². The molecule has 8 heteroatoms. The summed E-state index contributed by atoms with van der Waals surface area (Å²) in [4.78, 5) is 22.1. The molecule has 2 aromatic rings. The molecule has 1 saturated carbocycles. The predicted molar refractivity (Wildman–Crippen MR) is 124 cm³/mol. The first-order chi connectivity index (χ1) is 14.9. The summed E-state index contributed by atoms with van der Waals surface area (Å²) >= 11 is 1.37. The van der Waals surface area contributed by atoms with E-state index in [1.807, 2.05) is 32.9 Å². The zero-order valence-electron chi connectivity index (χ0n) is 18.9. The van der Waals surface area contributed by atoms with Crippen LogP contribution in [-0.4, -0.2) is 43.7 Å². The van der Waals surface area contributed by atoms with E-state index in [2.05, 4.69) is 27.8 Å². The average molecular weight is 445 g/mol. The van der Waals surface area contributed by atoms with Gasteiger partial charge < -0.3 is 20.1 Å². The Morgan fingerprint density at radius 3 is 2.58 bits per heavy atom. The molecule has 1 unspecified atom stereocenters. The van der Waals surface area contributed by atoms with E-state index in [9.17, 15) is 4.79 Å². The summed E-state index contributed by atoms with van der Waals surface area (Å²) in [5.74, 6) is 1.31. The van der Waals surface area contributed by atoms with Crippen LogP contribution in [0.5, 0.6) is 5.75 Å². The average Bonchev–Trinajstić information content (AvgIpc) is 3.46. The molecule has 1 atom stereocenters. The van der Waals surface area contributed by atoms with Gasteiger partial charge in [0.05, 0.1) is 32.0 Å². The summed E-state index contributed by atoms with van der Waals surface area (Å²) in [6.45, 7) is 9.54. The van der Waals surface area contributed by atoms with Gasteiger partial charge in [-0.3, -0.25) is 4.99 Å². The van der Waals surface area contributed by atoms with E-state index in [4.69, 9.17) is 14.5 Å². The molecule has 3 rings (SSSR count). The number of benzene rings is 1. The first-order valence-corrected chi connectivity index (χ1v) is 11.6. The number of aliphatic imine (C=N–C) groups is 1. The molecule has 0 saturated heterocycles. The Labute approximate surface area is 188 Å². The van der Waals surface area contributed by atoms with Crippen LogP contribution in [-0.2, 0) is 10.2 Å². The molecule has 1 aliphatic carbocycles. The molecule has 1 aromatic heterocycles. The molecule has 1 heterocycles. The maximum absolute atomic E-state index is 12.1. The number of carbonyl (C=O) groups is 1. The quantitative estimate of drug-likeness (QED) is 0.346. The molecule has 1 fully saturated rings. The van der Waals surface area contributed by atoms with Crippen molar-refractivity contribution in [1.82, 2.24) is 15.6 Å². The van der Waals surface area contributed by atoms with Crippen LogP contribution >= 0.6 is 11.3 Å². The third-order valence-electron chi connectivity index (χ3n) is 5.44. The van der Waals surface area contributed by atoms with Gasteiger partial charge in [0.15, 0.2) is 5.96 Å². The zero-order chi connectivity index (χ0) is 22.4. The molecule has 0 radical (unpaired) electrons. The van der Waals surface area contributed by atoms with Crippen LogP contribution in [0.3, 0.4) is 0 Å². The number of hydrogen-bond donors (Lipinski definition) is 2. The van der Waals surface area contributed by atoms with Crippen molar-refractivity contribution in [1.29, 1.82) is 0 Å². The number of carbonyl (C=O) groups excluding carboxylic acids is 1. The summed E-state index contributed by atoms with van der Waals surface area (Å²) < 4.78 is 10.4. The lowest BCUT2D eigenvalue weighted by Gasteiger charge is -2.18. The maximum Gasteiger partial charge on any atom is 0.350 e. The fourth-order valence-corrected chi connectivity index (χ4v) is 4.40. The predicted octanol–water partition coefficient (Wildman–Crippen LogP) is 3.98. The van der Waals surface area contributed by atoms with Crippen LogP contribution in [0.4, 0.5) is 0 Å². The van der Waals surface area contributed by atoms with Crippen LogP contribution in [0.2, 0.25) is 0 Å². The van der Waals surface area contributed by atoms with Crippen LogP contribution in [0, 0.1) is 6.92 Å². The summed E-state index contributed by atoms with van der Waals surface area (Å²) in [6.07, 6.45) is 2.26. The third-order valence-corrected chi connectivity index (χ3v) is 6.76. The minimum Gasteiger partial charge on any atom is -0.497 e. The maximum atomic E-state index is 12.1. The number of guanidine groups is 1. The molecular formula is C23H32N4O3S. The topological polar surface area (TPSA) is 84.8 Å². The smallest absolute Gasteiger partial charge is 0.350 e. The normalized spacial score (nSPS) is 15.8. The van der Waals surface area contributed by atoms with Gasteiger partial charge in [-0.25, -0.2) is 9.78 Å². The number of nitrogens with zero attached hydrogens (tertiary/aromatic N) is 2. The van der Waals surface area contributed by atoms with Crippen molar-refractivity contribution >= 4 is 23.3 Å². The van der Waals surface area contributed by atoms with Crippen LogP contribution in [0.25, 0.3) is 0 Å². The Hall–Kier alpha value is -2.61. The largest absolute Gasteiger partial charge is 0.497 e. The van der Waals surface area contributed by atoms with Gasteiger partial charge in [0.1, 0.15) is 15.6 Å². The van der Waals surface area contributed by atoms with Gasteiger partial charge in [0.2, 0.25) is 0 Å². The Kier molecular flexibility index (Phi) is 7.54. The number of esters is 1. The van der Waals surface area contributed by atoms with E-state index < -0.39 is 0 Å². The van der Waals surface area contributed by atoms with Gasteiger partial charge in [-0.2, -0.15) is 0 Å². The van der Waals surface area contributed by atoms with E-state index >= 15 is 0 Å². The van der Waals surface area contributed by atoms with Crippen molar-refractivity contribution in [2.75, 3.05) is 26.8 Å². The van der Waals surface area contributed by atoms with Crippen molar-refractivity contribution < 1.29 is 14.3 Å². The van der Waals surface area contributed by atoms with Gasteiger partial charge in [-0.1, -0.05) is 12.1 Å². The molecule has 1 aromatic carbocycles. The van der Waals surface area contributed by atoms with Crippen molar-refractivity contribution in [3.8, 4) is 5.75 Å². The van der Waals surface area contributed by atoms with Gasteiger partial charge in [-0.15, -0.1) is 11.3 Å². The molecule has 168 valence electrons. The highest BCUT2D eigenvalue weighted by atomic mass is 32.1. The van der Waals surface area contributed by atoms with E-state index in [-0.39, 0.29) is 17.4 Å². The fraction of sp³-hybridized carbons (Fsp3) is 0.522. The second-order valence-electron chi connectivity index (χ2n) is 7.76. The lowest BCUT2D eigenvalue weighted by molar-refractivity contribution is 0.0531. The highest BCUT2D eigenvalue weighted by Crippen LogP contribution is 2.48. The highest BCUT2D eigenvalue weighted by Gasteiger charge is 2.44. The lowest BCUT2D eigenvalue weighted by atomic mass is 9.96. The van der Waals surface area contributed by atoms with E-state index in [0.29, 0.717) is 23.7 Å². The Balaban J connectivity index is 1.69. The minimum absolute atomic E-state index is 0.0826. The molecule has 0 amide bonds. The zero-order valence-corrected chi connectivity index (χ0v) is 19.8.